The van der Waals surface area contributed by atoms with Crippen molar-refractivity contribution in [3.05, 3.63) is 52.4 Å². The lowest BCUT2D eigenvalue weighted by Gasteiger charge is -2.30. The Morgan fingerprint density at radius 1 is 1.33 bits per heavy atom. The largest absolute Gasteiger partial charge is 0.437 e. The minimum atomic E-state index is -0.367. The molecule has 0 unspecified atom stereocenters. The van der Waals surface area contributed by atoms with Crippen LogP contribution in [0.4, 0.5) is 4.39 Å². The molecule has 0 radical (unpaired) electrons. The van der Waals surface area contributed by atoms with E-state index in [-0.39, 0.29) is 17.6 Å². The van der Waals surface area contributed by atoms with Crippen LogP contribution in [0, 0.1) is 11.7 Å². The van der Waals surface area contributed by atoms with E-state index >= 15 is 0 Å². The number of halogens is 2. The summed E-state index contributed by atoms with van der Waals surface area (Å²) in [7, 11) is 0. The number of amides is 1. The highest BCUT2D eigenvalue weighted by Gasteiger charge is 2.24. The molecule has 1 saturated heterocycles. The molecule has 1 aliphatic heterocycles. The van der Waals surface area contributed by atoms with E-state index in [1.54, 1.807) is 18.3 Å². The molecule has 6 heteroatoms. The molecule has 1 aliphatic rings. The van der Waals surface area contributed by atoms with Gasteiger partial charge in [0.05, 0.1) is 4.47 Å². The monoisotopic (exact) mass is 392 g/mol. The minimum absolute atomic E-state index is 0.0803. The van der Waals surface area contributed by atoms with Crippen LogP contribution in [-0.2, 0) is 0 Å². The summed E-state index contributed by atoms with van der Waals surface area (Å²) >= 11 is 3.26. The number of carbonyl (C=O) groups is 1. The number of aromatic nitrogens is 1. The van der Waals surface area contributed by atoms with Crippen molar-refractivity contribution in [2.45, 2.75) is 19.8 Å². The van der Waals surface area contributed by atoms with Crippen molar-refractivity contribution in [2.24, 2.45) is 5.92 Å². The first-order valence-electron chi connectivity index (χ1n) is 7.92. The highest BCUT2D eigenvalue weighted by atomic mass is 79.9. The molecule has 0 aliphatic carbocycles. The van der Waals surface area contributed by atoms with E-state index in [0.29, 0.717) is 21.7 Å². The standard InChI is InChI=1S/C18H18BrFN2O2/c1-12-6-9-22(10-7-12)18(23)14-3-2-8-21-17(14)24-16-5-4-13(20)11-15(16)19/h2-5,8,11-12H,6-7,9-10H2,1H3. The fourth-order valence-corrected chi connectivity index (χ4v) is 3.11. The molecule has 2 heterocycles. The maximum Gasteiger partial charge on any atom is 0.259 e. The second-order valence-corrected chi connectivity index (χ2v) is 6.86. The number of benzene rings is 1. The number of ether oxygens (including phenoxy) is 1. The van der Waals surface area contributed by atoms with Crippen LogP contribution in [0.15, 0.2) is 41.0 Å². The molecule has 126 valence electrons. The summed E-state index contributed by atoms with van der Waals surface area (Å²) < 4.78 is 19.4. The molecule has 1 aromatic heterocycles. The predicted molar refractivity (Wildman–Crippen MR) is 92.7 cm³/mol. The van der Waals surface area contributed by atoms with Crippen molar-refractivity contribution in [1.82, 2.24) is 9.88 Å². The molecular weight excluding hydrogens is 375 g/mol. The van der Waals surface area contributed by atoms with Gasteiger partial charge in [-0.25, -0.2) is 9.37 Å². The molecule has 1 amide bonds. The number of piperidine rings is 1. The van der Waals surface area contributed by atoms with Crippen LogP contribution in [0.25, 0.3) is 0 Å². The van der Waals surface area contributed by atoms with Gasteiger partial charge in [-0.05, 0) is 65.0 Å². The zero-order valence-corrected chi connectivity index (χ0v) is 14.9. The highest BCUT2D eigenvalue weighted by molar-refractivity contribution is 9.10. The SMILES string of the molecule is CC1CCN(C(=O)c2cccnc2Oc2ccc(F)cc2Br)CC1. The van der Waals surface area contributed by atoms with Gasteiger partial charge in [-0.1, -0.05) is 6.92 Å². The molecule has 3 rings (SSSR count). The molecule has 0 spiro atoms. The van der Waals surface area contributed by atoms with Crippen molar-refractivity contribution in [2.75, 3.05) is 13.1 Å². The number of nitrogens with zero attached hydrogens (tertiary/aromatic N) is 2. The predicted octanol–water partition coefficient (Wildman–Crippen LogP) is 4.65. The smallest absolute Gasteiger partial charge is 0.259 e. The Bertz CT molecular complexity index is 746. The van der Waals surface area contributed by atoms with Crippen molar-refractivity contribution in [3.63, 3.8) is 0 Å². The summed E-state index contributed by atoms with van der Waals surface area (Å²) in [5.74, 6) is 0.843. The molecule has 0 atom stereocenters. The zero-order valence-electron chi connectivity index (χ0n) is 13.3. The molecule has 1 aromatic carbocycles. The van der Waals surface area contributed by atoms with Crippen LogP contribution in [0.3, 0.4) is 0 Å². The van der Waals surface area contributed by atoms with Gasteiger partial charge in [0.25, 0.3) is 5.91 Å². The summed E-state index contributed by atoms with van der Waals surface area (Å²) in [4.78, 5) is 18.8. The zero-order chi connectivity index (χ0) is 17.1. The summed E-state index contributed by atoms with van der Waals surface area (Å²) in [5, 5.41) is 0. The molecule has 2 aromatic rings. The third-order valence-electron chi connectivity index (χ3n) is 4.17. The third-order valence-corrected chi connectivity index (χ3v) is 4.79. The molecule has 0 bridgehead atoms. The van der Waals surface area contributed by atoms with Gasteiger partial charge in [-0.15, -0.1) is 0 Å². The van der Waals surface area contributed by atoms with E-state index in [4.69, 9.17) is 4.74 Å². The van der Waals surface area contributed by atoms with Gasteiger partial charge in [0.1, 0.15) is 17.1 Å². The third kappa shape index (κ3) is 3.75. The Morgan fingerprint density at radius 2 is 2.08 bits per heavy atom. The Morgan fingerprint density at radius 3 is 2.79 bits per heavy atom. The first-order valence-corrected chi connectivity index (χ1v) is 8.71. The van der Waals surface area contributed by atoms with Crippen molar-refractivity contribution in [3.8, 4) is 11.6 Å². The summed E-state index contributed by atoms with van der Waals surface area (Å²) in [6, 6.07) is 7.54. The molecule has 24 heavy (non-hydrogen) atoms. The van der Waals surface area contributed by atoms with Crippen LogP contribution < -0.4 is 4.74 Å². The first kappa shape index (κ1) is 16.9. The van der Waals surface area contributed by atoms with Crippen LogP contribution >= 0.6 is 15.9 Å². The average molecular weight is 393 g/mol. The fourth-order valence-electron chi connectivity index (χ4n) is 2.68. The summed E-state index contributed by atoms with van der Waals surface area (Å²) in [6.45, 7) is 3.69. The number of hydrogen-bond acceptors (Lipinski definition) is 3. The van der Waals surface area contributed by atoms with E-state index in [0.717, 1.165) is 25.9 Å². The molecular formula is C18H18BrFN2O2. The van der Waals surface area contributed by atoms with E-state index in [1.807, 2.05) is 4.90 Å². The maximum absolute atomic E-state index is 13.2. The van der Waals surface area contributed by atoms with Gasteiger partial charge in [-0.2, -0.15) is 0 Å². The van der Waals surface area contributed by atoms with Crippen molar-refractivity contribution in [1.29, 1.82) is 0 Å². The highest BCUT2D eigenvalue weighted by Crippen LogP contribution is 2.31. The number of carbonyl (C=O) groups excluding carboxylic acids is 1. The molecule has 0 saturated carbocycles. The Balaban J connectivity index is 1.83. The molecule has 4 nitrogen and oxygen atoms in total. The molecule has 1 fully saturated rings. The maximum atomic E-state index is 13.2. The van der Waals surface area contributed by atoms with Gasteiger partial charge >= 0.3 is 0 Å². The fraction of sp³-hybridized carbons (Fsp3) is 0.333. The minimum Gasteiger partial charge on any atom is -0.437 e. The van der Waals surface area contributed by atoms with E-state index in [1.165, 1.54) is 18.2 Å². The quantitative estimate of drug-likeness (QED) is 0.763. The second kappa shape index (κ2) is 7.30. The van der Waals surface area contributed by atoms with E-state index in [9.17, 15) is 9.18 Å². The Labute approximate surface area is 148 Å². The second-order valence-electron chi connectivity index (χ2n) is 6.01. The Hall–Kier alpha value is -1.95. The van der Waals surface area contributed by atoms with Crippen LogP contribution in [0.1, 0.15) is 30.1 Å². The van der Waals surface area contributed by atoms with Gasteiger partial charge in [-0.3, -0.25) is 4.79 Å². The normalized spacial score (nSPS) is 15.4. The van der Waals surface area contributed by atoms with Crippen LogP contribution in [-0.4, -0.2) is 28.9 Å². The van der Waals surface area contributed by atoms with Gasteiger partial charge in [0, 0.05) is 19.3 Å². The summed E-state index contributed by atoms with van der Waals surface area (Å²) in [5.41, 5.74) is 0.420. The Kier molecular flexibility index (Phi) is 5.14. The van der Waals surface area contributed by atoms with Crippen LogP contribution in [0.5, 0.6) is 11.6 Å². The average Bonchev–Trinajstić information content (AvgIpc) is 2.58. The molecule has 0 N–H and O–H groups in total. The lowest BCUT2D eigenvalue weighted by molar-refractivity contribution is 0.0694. The number of rotatable bonds is 3. The topological polar surface area (TPSA) is 42.4 Å². The number of hydrogen-bond donors (Lipinski definition) is 0. The van der Waals surface area contributed by atoms with Gasteiger partial charge in [0.15, 0.2) is 0 Å². The van der Waals surface area contributed by atoms with Gasteiger partial charge in [0.2, 0.25) is 5.88 Å². The van der Waals surface area contributed by atoms with Gasteiger partial charge < -0.3 is 9.64 Å². The summed E-state index contributed by atoms with van der Waals surface area (Å²) in [6.07, 6.45) is 3.58. The van der Waals surface area contributed by atoms with E-state index < -0.39 is 0 Å². The lowest BCUT2D eigenvalue weighted by atomic mass is 9.99. The van der Waals surface area contributed by atoms with Crippen molar-refractivity contribution < 1.29 is 13.9 Å². The lowest BCUT2D eigenvalue weighted by Crippen LogP contribution is -2.38. The van der Waals surface area contributed by atoms with Crippen molar-refractivity contribution >= 4 is 21.8 Å². The number of pyridine rings is 1. The van der Waals surface area contributed by atoms with Crippen LogP contribution in [0.2, 0.25) is 0 Å². The first-order chi connectivity index (χ1) is 11.5. The van der Waals surface area contributed by atoms with E-state index in [2.05, 4.69) is 27.8 Å². The number of likely N-dealkylation sites (tertiary alicyclic amines) is 1.